The van der Waals surface area contributed by atoms with Gasteiger partial charge in [-0.3, -0.25) is 9.59 Å². The topological polar surface area (TPSA) is 134 Å². The molecule has 1 unspecified atom stereocenters. The Morgan fingerprint density at radius 1 is 0.976 bits per heavy atom. The van der Waals surface area contributed by atoms with Crippen LogP contribution in [0.25, 0.3) is 0 Å². The number of aliphatic hydroxyl groups is 1. The second-order valence-corrected chi connectivity index (χ2v) is 13.6. The van der Waals surface area contributed by atoms with Gasteiger partial charge < -0.3 is 25.8 Å². The second-order valence-electron chi connectivity index (χ2n) is 10.4. The van der Waals surface area contributed by atoms with Crippen molar-refractivity contribution in [1.82, 2.24) is 16.0 Å². The van der Waals surface area contributed by atoms with Crippen LogP contribution in [0.4, 0.5) is 0 Å². The maximum Gasteiger partial charge on any atom is 0.243 e. The minimum atomic E-state index is -3.68. The molecule has 234 valence electrons. The van der Waals surface area contributed by atoms with E-state index in [9.17, 15) is 23.1 Å². The lowest BCUT2D eigenvalue weighted by Crippen LogP contribution is -2.57. The van der Waals surface area contributed by atoms with Crippen molar-refractivity contribution in [3.8, 4) is 5.75 Å². The van der Waals surface area contributed by atoms with Gasteiger partial charge in [0, 0.05) is 13.1 Å². The van der Waals surface area contributed by atoms with E-state index in [1.165, 1.54) is 11.8 Å². The first-order chi connectivity index (χ1) is 20.1. The lowest BCUT2D eigenvalue weighted by atomic mass is 10.0. The van der Waals surface area contributed by atoms with Crippen LogP contribution in [0.2, 0.25) is 0 Å². The Kier molecular flexibility index (Phi) is 16.0. The molecule has 0 aromatic heterocycles. The first-order valence-corrected chi connectivity index (χ1v) is 17.6. The van der Waals surface area contributed by atoms with Crippen molar-refractivity contribution in [2.75, 3.05) is 31.4 Å². The third kappa shape index (κ3) is 12.3. The highest BCUT2D eigenvalue weighted by Gasteiger charge is 2.34. The van der Waals surface area contributed by atoms with E-state index in [0.717, 1.165) is 16.9 Å². The number of ether oxygens (including phenoxy) is 1. The van der Waals surface area contributed by atoms with E-state index < -0.39 is 50.8 Å². The molecule has 3 atom stereocenters. The van der Waals surface area contributed by atoms with E-state index in [1.807, 2.05) is 68.4 Å². The van der Waals surface area contributed by atoms with Crippen LogP contribution >= 0.6 is 11.8 Å². The van der Waals surface area contributed by atoms with Gasteiger partial charge in [0.05, 0.1) is 36.0 Å². The van der Waals surface area contributed by atoms with Gasteiger partial charge in [0.1, 0.15) is 11.8 Å². The van der Waals surface area contributed by atoms with Crippen LogP contribution in [0.3, 0.4) is 0 Å². The molecule has 2 amide bonds. The summed E-state index contributed by atoms with van der Waals surface area (Å²) in [6.07, 6.45) is 3.48. The zero-order chi connectivity index (χ0) is 31.0. The number of sulfone groups is 1. The molecule has 0 bridgehead atoms. The molecule has 0 aliphatic carbocycles. The van der Waals surface area contributed by atoms with E-state index in [2.05, 4.69) is 16.0 Å². The fraction of sp³-hybridized carbons (Fsp3) is 0.548. The molecule has 0 saturated carbocycles. The summed E-state index contributed by atoms with van der Waals surface area (Å²) in [6, 6.07) is 15.0. The van der Waals surface area contributed by atoms with Crippen molar-refractivity contribution in [1.29, 1.82) is 0 Å². The number of rotatable bonds is 20. The van der Waals surface area contributed by atoms with Crippen LogP contribution in [-0.2, 0) is 32.4 Å². The Morgan fingerprint density at radius 2 is 1.64 bits per heavy atom. The largest absolute Gasteiger partial charge is 0.497 e. The lowest BCUT2D eigenvalue weighted by Gasteiger charge is -2.28. The lowest BCUT2D eigenvalue weighted by molar-refractivity contribution is -0.128. The van der Waals surface area contributed by atoms with Crippen LogP contribution in [0.5, 0.6) is 5.75 Å². The summed E-state index contributed by atoms with van der Waals surface area (Å²) in [7, 11) is -2.08. The molecular weight excluding hydrogens is 574 g/mol. The van der Waals surface area contributed by atoms with E-state index in [-0.39, 0.29) is 12.3 Å². The van der Waals surface area contributed by atoms with Gasteiger partial charge in [-0.1, -0.05) is 69.2 Å². The maximum atomic E-state index is 13.6. The number of aliphatic hydroxyl groups excluding tert-OH is 1. The minimum absolute atomic E-state index is 0.0986. The maximum absolute atomic E-state index is 13.6. The fourth-order valence-corrected chi connectivity index (χ4v) is 7.30. The van der Waals surface area contributed by atoms with E-state index in [0.29, 0.717) is 38.6 Å². The van der Waals surface area contributed by atoms with Gasteiger partial charge in [0.2, 0.25) is 11.8 Å². The van der Waals surface area contributed by atoms with Gasteiger partial charge in [-0.25, -0.2) is 8.42 Å². The molecule has 2 rings (SSSR count). The van der Waals surface area contributed by atoms with Gasteiger partial charge in [0.25, 0.3) is 0 Å². The molecule has 4 N–H and O–H groups in total. The van der Waals surface area contributed by atoms with Crippen LogP contribution in [-0.4, -0.2) is 80.2 Å². The number of carbonyl (C=O) groups excluding carboxylic acids is 2. The summed E-state index contributed by atoms with van der Waals surface area (Å²) in [4.78, 5) is 26.1. The highest BCUT2D eigenvalue weighted by molar-refractivity contribution is 7.99. The molecule has 2 aromatic rings. The van der Waals surface area contributed by atoms with Crippen molar-refractivity contribution in [2.45, 2.75) is 75.9 Å². The van der Waals surface area contributed by atoms with E-state index >= 15 is 0 Å². The molecule has 0 heterocycles. The zero-order valence-electron chi connectivity index (χ0n) is 25.2. The van der Waals surface area contributed by atoms with Gasteiger partial charge in [-0.2, -0.15) is 11.8 Å². The average molecular weight is 622 g/mol. The Bertz CT molecular complexity index is 1190. The monoisotopic (exact) mass is 621 g/mol. The minimum Gasteiger partial charge on any atom is -0.497 e. The standard InChI is InChI=1S/C31H47N3O6S2/c1-5-11-26(12-6-2)42(38,39)22-28(33-30(36)21-41-4)31(37)34-27(18-23-13-8-7-9-14-23)29(35)20-32-19-24-15-10-16-25(17-24)40-3/h7-10,13-17,26-29,32,35H,5-6,11-12,18-22H2,1-4H3,(H,33,36)(H,34,37)/t27-,28?,29+/m0/s1. The predicted molar refractivity (Wildman–Crippen MR) is 170 cm³/mol. The summed E-state index contributed by atoms with van der Waals surface area (Å²) in [6.45, 7) is 4.51. The normalized spacial score (nSPS) is 13.8. The molecular formula is C31H47N3O6S2. The third-order valence-corrected chi connectivity index (χ3v) is 9.80. The Balaban J connectivity index is 2.23. The summed E-state index contributed by atoms with van der Waals surface area (Å²) < 4.78 is 32.1. The van der Waals surface area contributed by atoms with Crippen molar-refractivity contribution in [3.63, 3.8) is 0 Å². The number of benzene rings is 2. The number of methoxy groups -OCH3 is 1. The molecule has 11 heteroatoms. The zero-order valence-corrected chi connectivity index (χ0v) is 26.8. The highest BCUT2D eigenvalue weighted by Crippen LogP contribution is 2.17. The number of thioether (sulfide) groups is 1. The first kappa shape index (κ1) is 35.6. The van der Waals surface area contributed by atoms with Gasteiger partial charge in [-0.05, 0) is 48.8 Å². The Morgan fingerprint density at radius 3 is 2.26 bits per heavy atom. The van der Waals surface area contributed by atoms with Crippen molar-refractivity contribution >= 4 is 33.4 Å². The average Bonchev–Trinajstić information content (AvgIpc) is 2.97. The van der Waals surface area contributed by atoms with E-state index in [1.54, 1.807) is 13.4 Å². The number of nitrogens with one attached hydrogen (secondary N) is 3. The van der Waals surface area contributed by atoms with Crippen molar-refractivity contribution < 1.29 is 27.9 Å². The van der Waals surface area contributed by atoms with Crippen molar-refractivity contribution in [2.24, 2.45) is 0 Å². The summed E-state index contributed by atoms with van der Waals surface area (Å²) in [5.41, 5.74) is 1.87. The van der Waals surface area contributed by atoms with Gasteiger partial charge in [-0.15, -0.1) is 0 Å². The molecule has 0 aliphatic rings. The molecule has 0 fully saturated rings. The van der Waals surface area contributed by atoms with Crippen LogP contribution < -0.4 is 20.7 Å². The molecule has 0 spiro atoms. The second kappa shape index (κ2) is 18.8. The number of amides is 2. The smallest absolute Gasteiger partial charge is 0.243 e. The summed E-state index contributed by atoms with van der Waals surface area (Å²) in [5.74, 6) is -0.713. The fourth-order valence-electron chi connectivity index (χ4n) is 4.79. The Labute approximate surface area is 255 Å². The van der Waals surface area contributed by atoms with Gasteiger partial charge in [0.15, 0.2) is 9.84 Å². The number of hydrogen-bond acceptors (Lipinski definition) is 8. The molecule has 42 heavy (non-hydrogen) atoms. The SMILES string of the molecule is CCCC(CCC)S(=O)(=O)CC(NC(=O)CSC)C(=O)N[C@@H](Cc1ccccc1)[C@H](O)CNCc1cccc(OC)c1. The number of carbonyl (C=O) groups is 2. The first-order valence-electron chi connectivity index (χ1n) is 14.5. The van der Waals surface area contributed by atoms with Crippen molar-refractivity contribution in [3.05, 3.63) is 65.7 Å². The molecule has 0 radical (unpaired) electrons. The number of hydrogen-bond donors (Lipinski definition) is 4. The predicted octanol–water partition coefficient (Wildman–Crippen LogP) is 3.10. The van der Waals surface area contributed by atoms with Crippen LogP contribution in [0, 0.1) is 0 Å². The molecule has 2 aromatic carbocycles. The van der Waals surface area contributed by atoms with E-state index in [4.69, 9.17) is 4.74 Å². The Hall–Kier alpha value is -2.60. The van der Waals surface area contributed by atoms with Crippen LogP contribution in [0.1, 0.15) is 50.7 Å². The van der Waals surface area contributed by atoms with Gasteiger partial charge >= 0.3 is 0 Å². The van der Waals surface area contributed by atoms with Crippen LogP contribution in [0.15, 0.2) is 54.6 Å². The molecule has 9 nitrogen and oxygen atoms in total. The molecule has 0 saturated heterocycles. The summed E-state index contributed by atoms with van der Waals surface area (Å²) in [5, 5.41) is 19.4. The quantitative estimate of drug-likeness (QED) is 0.177. The summed E-state index contributed by atoms with van der Waals surface area (Å²) >= 11 is 1.28. The highest BCUT2D eigenvalue weighted by atomic mass is 32.2. The third-order valence-electron chi connectivity index (χ3n) is 6.96. The molecule has 0 aliphatic heterocycles.